The second-order valence-corrected chi connectivity index (χ2v) is 3.07. The van der Waals surface area contributed by atoms with Crippen molar-refractivity contribution in [3.8, 4) is 0 Å². The molecule has 0 N–H and O–H groups in total. The second-order valence-electron chi connectivity index (χ2n) is 3.07. The van der Waals surface area contributed by atoms with Crippen molar-refractivity contribution in [1.82, 2.24) is 15.0 Å². The summed E-state index contributed by atoms with van der Waals surface area (Å²) in [5.74, 6) is -1.24. The Morgan fingerprint density at radius 2 is 1.45 bits per heavy atom. The number of aryl methyl sites for hydroxylation is 2. The van der Waals surface area contributed by atoms with Crippen LogP contribution in [-0.4, -0.2) is 15.0 Å². The number of pyridine rings is 1. The van der Waals surface area contributed by atoms with Crippen LogP contribution in [0.2, 0.25) is 0 Å². The number of rotatable bonds is 0. The average Bonchev–Trinajstić information content (AvgIpc) is 2.49. The molecule has 20 heavy (non-hydrogen) atoms. The monoisotopic (exact) mass is 283 g/mol. The predicted molar refractivity (Wildman–Crippen MR) is 78.4 cm³/mol. The molecule has 0 bridgehead atoms. The van der Waals surface area contributed by atoms with E-state index >= 15 is 0 Å². The lowest BCUT2D eigenvalue weighted by atomic mass is 10.4. The highest BCUT2D eigenvalue weighted by atomic mass is 19.1. The summed E-state index contributed by atoms with van der Waals surface area (Å²) in [7, 11) is 0. The zero-order valence-corrected chi connectivity index (χ0v) is 13.0. The van der Waals surface area contributed by atoms with Gasteiger partial charge in [-0.1, -0.05) is 27.7 Å². The SMILES string of the molecule is CC.CC.Cc1cnccn1.Cc1ncc(F)cc1F. The molecule has 0 saturated heterocycles. The van der Waals surface area contributed by atoms with E-state index in [2.05, 4.69) is 15.0 Å². The maximum absolute atomic E-state index is 12.3. The Bertz CT molecular complexity index is 448. The molecule has 2 aromatic heterocycles. The maximum atomic E-state index is 12.3. The molecule has 0 fully saturated rings. The highest BCUT2D eigenvalue weighted by Gasteiger charge is 1.97. The van der Waals surface area contributed by atoms with Gasteiger partial charge in [-0.3, -0.25) is 15.0 Å². The van der Waals surface area contributed by atoms with Crippen molar-refractivity contribution in [2.45, 2.75) is 41.5 Å². The number of nitrogens with zero attached hydrogens (tertiary/aromatic N) is 3. The van der Waals surface area contributed by atoms with E-state index < -0.39 is 11.6 Å². The summed E-state index contributed by atoms with van der Waals surface area (Å²) >= 11 is 0. The standard InChI is InChI=1S/C6H5F2N.C5H6N2.2C2H6/c1-4-6(8)2-5(7)3-9-4;1-5-4-6-2-3-7-5;2*1-2/h2-3H,1H3;2-4H,1H3;2*1-2H3. The fraction of sp³-hybridized carbons (Fsp3) is 0.400. The van der Waals surface area contributed by atoms with Crippen LogP contribution in [0.5, 0.6) is 0 Å². The molecule has 0 radical (unpaired) electrons. The Morgan fingerprint density at radius 1 is 0.850 bits per heavy atom. The zero-order chi connectivity index (χ0) is 16.0. The van der Waals surface area contributed by atoms with Crippen LogP contribution in [0, 0.1) is 25.5 Å². The van der Waals surface area contributed by atoms with Gasteiger partial charge in [0.25, 0.3) is 0 Å². The van der Waals surface area contributed by atoms with Gasteiger partial charge in [-0.05, 0) is 13.8 Å². The Morgan fingerprint density at radius 3 is 1.75 bits per heavy atom. The maximum Gasteiger partial charge on any atom is 0.147 e. The minimum atomic E-state index is -0.641. The quantitative estimate of drug-likeness (QED) is 0.714. The molecule has 5 heteroatoms. The molecule has 0 aliphatic carbocycles. The molecule has 2 rings (SSSR count). The summed E-state index contributed by atoms with van der Waals surface area (Å²) in [5.41, 5.74) is 1.18. The van der Waals surface area contributed by atoms with Gasteiger partial charge in [0.2, 0.25) is 0 Å². The van der Waals surface area contributed by atoms with Gasteiger partial charge in [-0.15, -0.1) is 0 Å². The largest absolute Gasteiger partial charge is 0.261 e. The molecule has 112 valence electrons. The number of hydrogen-bond acceptors (Lipinski definition) is 3. The Labute approximate surface area is 120 Å². The van der Waals surface area contributed by atoms with Gasteiger partial charge in [-0.2, -0.15) is 0 Å². The molecule has 0 aliphatic rings. The average molecular weight is 283 g/mol. The summed E-state index contributed by atoms with van der Waals surface area (Å²) in [6.07, 6.45) is 6.04. The first-order chi connectivity index (χ1) is 9.59. The lowest BCUT2D eigenvalue weighted by Crippen LogP contribution is -1.87. The van der Waals surface area contributed by atoms with Crippen molar-refractivity contribution in [3.05, 3.63) is 53.9 Å². The van der Waals surface area contributed by atoms with Gasteiger partial charge in [0.05, 0.1) is 17.6 Å². The van der Waals surface area contributed by atoms with Crippen LogP contribution in [0.1, 0.15) is 39.1 Å². The Kier molecular flexibility index (Phi) is 13.8. The van der Waals surface area contributed by atoms with Crippen molar-refractivity contribution >= 4 is 0 Å². The van der Waals surface area contributed by atoms with Gasteiger partial charge in [0, 0.05) is 24.7 Å². The third-order valence-corrected chi connectivity index (χ3v) is 1.68. The Hall–Kier alpha value is -1.91. The molecule has 2 aromatic rings. The van der Waals surface area contributed by atoms with Crippen LogP contribution in [-0.2, 0) is 0 Å². The van der Waals surface area contributed by atoms with E-state index in [1.54, 1.807) is 18.6 Å². The van der Waals surface area contributed by atoms with Crippen molar-refractivity contribution in [2.75, 3.05) is 0 Å². The molecule has 0 aliphatic heterocycles. The lowest BCUT2D eigenvalue weighted by Gasteiger charge is -1.91. The number of halogens is 2. The first kappa shape index (κ1) is 20.4. The number of aromatic nitrogens is 3. The molecule has 2 heterocycles. The molecule has 0 unspecified atom stereocenters. The molecule has 0 spiro atoms. The van der Waals surface area contributed by atoms with Gasteiger partial charge >= 0.3 is 0 Å². The summed E-state index contributed by atoms with van der Waals surface area (Å²) < 4.78 is 24.3. The third-order valence-electron chi connectivity index (χ3n) is 1.68. The minimum absolute atomic E-state index is 0.219. The fourth-order valence-electron chi connectivity index (χ4n) is 0.857. The lowest BCUT2D eigenvalue weighted by molar-refractivity contribution is 0.565. The highest BCUT2D eigenvalue weighted by Crippen LogP contribution is 2.02. The van der Waals surface area contributed by atoms with Crippen molar-refractivity contribution in [1.29, 1.82) is 0 Å². The van der Waals surface area contributed by atoms with E-state index in [4.69, 9.17) is 0 Å². The fourth-order valence-corrected chi connectivity index (χ4v) is 0.857. The van der Waals surface area contributed by atoms with Gasteiger partial charge in [0.1, 0.15) is 11.6 Å². The smallest absolute Gasteiger partial charge is 0.147 e. The van der Waals surface area contributed by atoms with Crippen LogP contribution in [0.3, 0.4) is 0 Å². The van der Waals surface area contributed by atoms with E-state index in [1.165, 1.54) is 6.92 Å². The minimum Gasteiger partial charge on any atom is -0.261 e. The number of hydrogen-bond donors (Lipinski definition) is 0. The molecule has 0 aromatic carbocycles. The van der Waals surface area contributed by atoms with Crippen LogP contribution < -0.4 is 0 Å². The van der Waals surface area contributed by atoms with E-state index in [-0.39, 0.29) is 5.69 Å². The van der Waals surface area contributed by atoms with Crippen LogP contribution in [0.15, 0.2) is 30.9 Å². The van der Waals surface area contributed by atoms with Crippen LogP contribution >= 0.6 is 0 Å². The van der Waals surface area contributed by atoms with Gasteiger partial charge in [-0.25, -0.2) is 8.78 Å². The molecule has 0 amide bonds. The molecule has 0 atom stereocenters. The van der Waals surface area contributed by atoms with Crippen LogP contribution in [0.25, 0.3) is 0 Å². The van der Waals surface area contributed by atoms with Crippen molar-refractivity contribution < 1.29 is 8.78 Å². The zero-order valence-electron chi connectivity index (χ0n) is 13.0. The molecular formula is C15H23F2N3. The second kappa shape index (κ2) is 13.5. The first-order valence-corrected chi connectivity index (χ1v) is 6.60. The predicted octanol–water partition coefficient (Wildman–Crippen LogP) is 4.51. The highest BCUT2D eigenvalue weighted by molar-refractivity contribution is 5.05. The van der Waals surface area contributed by atoms with Crippen LogP contribution in [0.4, 0.5) is 8.78 Å². The van der Waals surface area contributed by atoms with Gasteiger partial charge < -0.3 is 0 Å². The van der Waals surface area contributed by atoms with Gasteiger partial charge in [0.15, 0.2) is 0 Å². The summed E-state index contributed by atoms with van der Waals surface area (Å²) in [5, 5.41) is 0. The molecule has 0 saturated carbocycles. The van der Waals surface area contributed by atoms with Crippen molar-refractivity contribution in [2.24, 2.45) is 0 Å². The summed E-state index contributed by atoms with van der Waals surface area (Å²) in [4.78, 5) is 11.2. The normalized spacial score (nSPS) is 8.00. The topological polar surface area (TPSA) is 38.7 Å². The molecular weight excluding hydrogens is 260 g/mol. The van der Waals surface area contributed by atoms with E-state index in [0.717, 1.165) is 18.0 Å². The Balaban J connectivity index is 0. The van der Waals surface area contributed by atoms with E-state index in [1.807, 2.05) is 34.6 Å². The molecule has 3 nitrogen and oxygen atoms in total. The summed E-state index contributed by atoms with van der Waals surface area (Å²) in [6.45, 7) is 11.4. The first-order valence-electron chi connectivity index (χ1n) is 6.60. The summed E-state index contributed by atoms with van der Waals surface area (Å²) in [6, 6.07) is 0.808. The van der Waals surface area contributed by atoms with E-state index in [0.29, 0.717) is 0 Å². The third kappa shape index (κ3) is 10.1. The van der Waals surface area contributed by atoms with E-state index in [9.17, 15) is 8.78 Å². The van der Waals surface area contributed by atoms with Crippen molar-refractivity contribution in [3.63, 3.8) is 0 Å².